The quantitative estimate of drug-likeness (QED) is 0.423. The average molecular weight is 419 g/mol. The van der Waals surface area contributed by atoms with Crippen molar-refractivity contribution in [1.82, 2.24) is 9.88 Å². The number of aromatic nitrogens is 1. The zero-order valence-corrected chi connectivity index (χ0v) is 17.1. The summed E-state index contributed by atoms with van der Waals surface area (Å²) in [6.45, 7) is 1.52. The smallest absolute Gasteiger partial charge is 0.316 e. The van der Waals surface area contributed by atoms with Crippen LogP contribution in [0.4, 0.5) is 4.39 Å². The van der Waals surface area contributed by atoms with Crippen LogP contribution in [0.15, 0.2) is 53.4 Å². The third-order valence-electron chi connectivity index (χ3n) is 4.18. The van der Waals surface area contributed by atoms with Gasteiger partial charge in [-0.05, 0) is 31.2 Å². The molecule has 5 nitrogen and oxygen atoms in total. The highest BCUT2D eigenvalue weighted by atomic mass is 32.2. The van der Waals surface area contributed by atoms with Crippen LogP contribution in [0.25, 0.3) is 10.2 Å². The minimum atomic E-state index is -0.567. The van der Waals surface area contributed by atoms with Crippen molar-refractivity contribution in [2.45, 2.75) is 17.9 Å². The summed E-state index contributed by atoms with van der Waals surface area (Å²) >= 11 is 2.57. The SMILES string of the molecule is C[C@@H](c1nc2ccccc2s1)N(C)C(=O)COC(=O)CSc1ccccc1F. The predicted octanol–water partition coefficient (Wildman–Crippen LogP) is 4.29. The fourth-order valence-corrected chi connectivity index (χ4v) is 4.23. The topological polar surface area (TPSA) is 59.5 Å². The summed E-state index contributed by atoms with van der Waals surface area (Å²) in [6, 6.07) is 13.7. The number of carbonyl (C=O) groups excluding carboxylic acids is 2. The van der Waals surface area contributed by atoms with Crippen molar-refractivity contribution in [2.75, 3.05) is 19.4 Å². The monoisotopic (exact) mass is 418 g/mol. The summed E-state index contributed by atoms with van der Waals surface area (Å²) < 4.78 is 19.6. The first-order valence-corrected chi connectivity index (χ1v) is 10.4. The van der Waals surface area contributed by atoms with Gasteiger partial charge in [-0.3, -0.25) is 9.59 Å². The Hall–Kier alpha value is -2.45. The molecule has 0 aliphatic carbocycles. The third kappa shape index (κ3) is 4.88. The molecule has 0 N–H and O–H groups in total. The second-order valence-electron chi connectivity index (χ2n) is 6.08. The molecule has 0 aliphatic heterocycles. The fraction of sp³-hybridized carbons (Fsp3) is 0.250. The lowest BCUT2D eigenvalue weighted by Gasteiger charge is -2.23. The molecule has 0 spiro atoms. The van der Waals surface area contributed by atoms with Crippen LogP contribution in [0.3, 0.4) is 0 Å². The summed E-state index contributed by atoms with van der Waals surface area (Å²) in [5.74, 6) is -1.34. The van der Waals surface area contributed by atoms with Gasteiger partial charge in [-0.15, -0.1) is 23.1 Å². The minimum absolute atomic E-state index is 0.0641. The Balaban J connectivity index is 1.50. The third-order valence-corrected chi connectivity index (χ3v) is 6.41. The lowest BCUT2D eigenvalue weighted by Crippen LogP contribution is -2.33. The molecule has 2 aromatic carbocycles. The lowest BCUT2D eigenvalue weighted by molar-refractivity contribution is -0.150. The van der Waals surface area contributed by atoms with Crippen LogP contribution in [0, 0.1) is 5.82 Å². The van der Waals surface area contributed by atoms with Gasteiger partial charge in [-0.2, -0.15) is 0 Å². The zero-order valence-electron chi connectivity index (χ0n) is 15.4. The van der Waals surface area contributed by atoms with Gasteiger partial charge in [0.15, 0.2) is 6.61 Å². The Kier molecular flexibility index (Phi) is 6.64. The van der Waals surface area contributed by atoms with E-state index >= 15 is 0 Å². The van der Waals surface area contributed by atoms with E-state index in [0.717, 1.165) is 27.0 Å². The van der Waals surface area contributed by atoms with E-state index in [9.17, 15) is 14.0 Å². The van der Waals surface area contributed by atoms with Crippen molar-refractivity contribution in [3.63, 3.8) is 0 Å². The minimum Gasteiger partial charge on any atom is -0.455 e. The largest absolute Gasteiger partial charge is 0.455 e. The van der Waals surface area contributed by atoms with E-state index in [0.29, 0.717) is 4.90 Å². The number of benzene rings is 2. The highest BCUT2D eigenvalue weighted by molar-refractivity contribution is 8.00. The van der Waals surface area contributed by atoms with Crippen LogP contribution in [0.5, 0.6) is 0 Å². The summed E-state index contributed by atoms with van der Waals surface area (Å²) in [5.41, 5.74) is 0.895. The maximum absolute atomic E-state index is 13.5. The van der Waals surface area contributed by atoms with Crippen molar-refractivity contribution in [1.29, 1.82) is 0 Å². The fourth-order valence-electron chi connectivity index (χ4n) is 2.43. The molecule has 1 amide bonds. The number of para-hydroxylation sites is 1. The molecule has 3 aromatic rings. The molecule has 0 saturated heterocycles. The average Bonchev–Trinajstić information content (AvgIpc) is 3.14. The van der Waals surface area contributed by atoms with E-state index in [2.05, 4.69) is 4.98 Å². The first-order chi connectivity index (χ1) is 13.5. The molecule has 0 aliphatic rings. The molecule has 0 saturated carbocycles. The Morgan fingerprint density at radius 2 is 1.93 bits per heavy atom. The van der Waals surface area contributed by atoms with Crippen molar-refractivity contribution in [3.8, 4) is 0 Å². The molecular weight excluding hydrogens is 399 g/mol. The van der Waals surface area contributed by atoms with Gasteiger partial charge < -0.3 is 9.64 Å². The second kappa shape index (κ2) is 9.16. The molecule has 0 unspecified atom stereocenters. The van der Waals surface area contributed by atoms with Crippen molar-refractivity contribution in [3.05, 3.63) is 59.4 Å². The Bertz CT molecular complexity index is 959. The summed E-state index contributed by atoms with van der Waals surface area (Å²) in [7, 11) is 1.65. The van der Waals surface area contributed by atoms with Gasteiger partial charge >= 0.3 is 5.97 Å². The van der Waals surface area contributed by atoms with E-state index in [1.165, 1.54) is 22.3 Å². The first kappa shape index (κ1) is 20.3. The van der Waals surface area contributed by atoms with E-state index in [1.54, 1.807) is 25.2 Å². The number of hydrogen-bond donors (Lipinski definition) is 0. The molecule has 0 bridgehead atoms. The van der Waals surface area contributed by atoms with Crippen molar-refractivity contribution < 1.29 is 18.7 Å². The number of amides is 1. The number of ether oxygens (including phenoxy) is 1. The van der Waals surface area contributed by atoms with Crippen LogP contribution >= 0.6 is 23.1 Å². The number of fused-ring (bicyclic) bond motifs is 1. The molecule has 1 atom stereocenters. The highest BCUT2D eigenvalue weighted by Crippen LogP contribution is 2.28. The molecule has 3 rings (SSSR count). The number of carbonyl (C=O) groups is 2. The number of hydrogen-bond acceptors (Lipinski definition) is 6. The second-order valence-corrected chi connectivity index (χ2v) is 8.16. The molecular formula is C20H19FN2O3S2. The maximum Gasteiger partial charge on any atom is 0.316 e. The van der Waals surface area contributed by atoms with Gasteiger partial charge in [-0.25, -0.2) is 9.37 Å². The molecule has 0 fully saturated rings. The number of thiazole rings is 1. The van der Waals surface area contributed by atoms with E-state index in [1.807, 2.05) is 31.2 Å². The van der Waals surface area contributed by atoms with E-state index in [-0.39, 0.29) is 30.1 Å². The maximum atomic E-state index is 13.5. The lowest BCUT2D eigenvalue weighted by atomic mass is 10.3. The normalized spacial score (nSPS) is 12.0. The number of thioether (sulfide) groups is 1. The Morgan fingerprint density at radius 3 is 2.68 bits per heavy atom. The number of halogens is 1. The molecule has 8 heteroatoms. The van der Waals surface area contributed by atoms with E-state index in [4.69, 9.17) is 4.74 Å². The highest BCUT2D eigenvalue weighted by Gasteiger charge is 2.21. The van der Waals surface area contributed by atoms with Crippen LogP contribution < -0.4 is 0 Å². The number of rotatable bonds is 7. The summed E-state index contributed by atoms with van der Waals surface area (Å²) in [6.07, 6.45) is 0. The van der Waals surface area contributed by atoms with Gasteiger partial charge in [0.05, 0.1) is 22.0 Å². The predicted molar refractivity (Wildman–Crippen MR) is 109 cm³/mol. The van der Waals surface area contributed by atoms with Crippen LogP contribution in [0.1, 0.15) is 18.0 Å². The molecule has 28 heavy (non-hydrogen) atoms. The zero-order chi connectivity index (χ0) is 20.1. The van der Waals surface area contributed by atoms with Gasteiger partial charge in [0.25, 0.3) is 5.91 Å². The van der Waals surface area contributed by atoms with Crippen molar-refractivity contribution in [2.24, 2.45) is 0 Å². The summed E-state index contributed by atoms with van der Waals surface area (Å²) in [5, 5.41) is 0.818. The summed E-state index contributed by atoms with van der Waals surface area (Å²) in [4.78, 5) is 30.7. The molecule has 0 radical (unpaired) electrons. The Labute approximate surface area is 170 Å². The Morgan fingerprint density at radius 1 is 1.21 bits per heavy atom. The molecule has 1 heterocycles. The van der Waals surface area contributed by atoms with Gasteiger partial charge in [0.2, 0.25) is 0 Å². The molecule has 146 valence electrons. The molecule has 1 aromatic heterocycles. The van der Waals surface area contributed by atoms with Gasteiger partial charge in [0.1, 0.15) is 10.8 Å². The van der Waals surface area contributed by atoms with E-state index < -0.39 is 5.97 Å². The van der Waals surface area contributed by atoms with Crippen LogP contribution in [-0.2, 0) is 14.3 Å². The van der Waals surface area contributed by atoms with Crippen LogP contribution in [0.2, 0.25) is 0 Å². The van der Waals surface area contributed by atoms with Crippen molar-refractivity contribution >= 4 is 45.2 Å². The number of nitrogens with zero attached hydrogens (tertiary/aromatic N) is 2. The van der Waals surface area contributed by atoms with Gasteiger partial charge in [-0.1, -0.05) is 24.3 Å². The number of esters is 1. The van der Waals surface area contributed by atoms with Crippen LogP contribution in [-0.4, -0.2) is 41.2 Å². The standard InChI is InChI=1S/C20H19FN2O3S2/c1-13(20-22-15-8-4-6-10-17(15)28-20)23(2)18(24)11-26-19(25)12-27-16-9-5-3-7-14(16)21/h3-10,13H,11-12H2,1-2H3/t13-/m0/s1. The number of likely N-dealkylation sites (N-methyl/N-ethyl adjacent to an activating group) is 1. The van der Waals surface area contributed by atoms with Gasteiger partial charge in [0, 0.05) is 11.9 Å². The first-order valence-electron chi connectivity index (χ1n) is 8.60.